The Morgan fingerprint density at radius 2 is 0.619 bits per heavy atom. The summed E-state index contributed by atoms with van der Waals surface area (Å²) in [5, 5.41) is 0. The van der Waals surface area contributed by atoms with Crippen LogP contribution in [0, 0.1) is 0 Å². The van der Waals surface area contributed by atoms with E-state index >= 15 is 0 Å². The fourth-order valence-electron chi connectivity index (χ4n) is 3.69. The summed E-state index contributed by atoms with van der Waals surface area (Å²) in [4.78, 5) is 0. The van der Waals surface area contributed by atoms with Crippen molar-refractivity contribution in [3.8, 4) is 23.0 Å². The number of hydrogen-bond donors (Lipinski definition) is 0. The minimum atomic E-state index is 0.375. The van der Waals surface area contributed by atoms with Crippen molar-refractivity contribution in [2.75, 3.05) is 106 Å². The van der Waals surface area contributed by atoms with E-state index < -0.39 is 0 Å². The van der Waals surface area contributed by atoms with Crippen LogP contribution in [0.15, 0.2) is 49.6 Å². The van der Waals surface area contributed by atoms with Gasteiger partial charge < -0.3 is 47.4 Å². The first-order valence-electron chi connectivity index (χ1n) is 14.3. The maximum atomic E-state index is 5.91. The molecule has 0 spiro atoms. The molecule has 0 unspecified atom stereocenters. The first kappa shape index (κ1) is 33.4. The molecule has 0 atom stereocenters. The predicted octanol–water partition coefficient (Wildman–Crippen LogP) is 4.30. The van der Waals surface area contributed by atoms with E-state index in [0.29, 0.717) is 129 Å². The molecule has 1 aliphatic heterocycles. The molecule has 10 heteroatoms. The lowest BCUT2D eigenvalue weighted by Crippen LogP contribution is -2.15. The largest absolute Gasteiger partial charge is 0.487 e. The van der Waals surface area contributed by atoms with E-state index in [1.54, 1.807) is 12.2 Å². The van der Waals surface area contributed by atoms with E-state index in [4.69, 9.17) is 47.4 Å². The van der Waals surface area contributed by atoms with Crippen molar-refractivity contribution in [1.29, 1.82) is 0 Å². The normalized spacial score (nSPS) is 18.3. The smallest absolute Gasteiger partial charge is 0.161 e. The van der Waals surface area contributed by atoms with Gasteiger partial charge in [0.15, 0.2) is 23.0 Å². The fraction of sp³-hybridized carbons (Fsp3) is 0.500. The molecule has 0 aliphatic carbocycles. The standard InChI is InChI=1S/C32H44O10/c1-3-27-5-7-29-31(25-27)41-23-19-37-15-11-34-12-16-38-20-24-42-32-26-28(4-2)6-8-30(32)40-22-18-36-14-10-33-9-13-35-17-21-39-29/h3-8,25-26H,1-2,9-24H2. The predicted molar refractivity (Wildman–Crippen MR) is 160 cm³/mol. The summed E-state index contributed by atoms with van der Waals surface area (Å²) in [6, 6.07) is 11.4. The van der Waals surface area contributed by atoms with Crippen molar-refractivity contribution in [2.24, 2.45) is 0 Å². The van der Waals surface area contributed by atoms with Crippen LogP contribution in [0.3, 0.4) is 0 Å². The lowest BCUT2D eigenvalue weighted by molar-refractivity contribution is 0.00248. The minimum Gasteiger partial charge on any atom is -0.487 e. The van der Waals surface area contributed by atoms with Gasteiger partial charge in [-0.05, 0) is 35.4 Å². The number of rotatable bonds is 2. The van der Waals surface area contributed by atoms with Crippen LogP contribution in [0.25, 0.3) is 12.2 Å². The fourth-order valence-corrected chi connectivity index (χ4v) is 3.69. The Balaban J connectivity index is 1.43. The van der Waals surface area contributed by atoms with Gasteiger partial charge in [-0.3, -0.25) is 0 Å². The summed E-state index contributed by atoms with van der Waals surface area (Å²) in [6.45, 7) is 14.5. The Hall–Kier alpha value is -3.12. The lowest BCUT2D eigenvalue weighted by Gasteiger charge is -2.15. The zero-order valence-electron chi connectivity index (χ0n) is 24.4. The van der Waals surface area contributed by atoms with E-state index in [2.05, 4.69) is 13.2 Å². The molecule has 0 fully saturated rings. The van der Waals surface area contributed by atoms with Crippen LogP contribution < -0.4 is 18.9 Å². The first-order chi connectivity index (χ1) is 20.8. The average Bonchev–Trinajstić information content (AvgIpc) is 3.02. The van der Waals surface area contributed by atoms with Crippen LogP contribution in [0.4, 0.5) is 0 Å². The summed E-state index contributed by atoms with van der Waals surface area (Å²) >= 11 is 0. The van der Waals surface area contributed by atoms with Crippen LogP contribution in [-0.2, 0) is 28.4 Å². The highest BCUT2D eigenvalue weighted by Gasteiger charge is 2.08. The Morgan fingerprint density at radius 1 is 0.357 bits per heavy atom. The number of ether oxygens (including phenoxy) is 10. The molecule has 1 aliphatic rings. The molecule has 10 nitrogen and oxygen atoms in total. The Morgan fingerprint density at radius 3 is 0.905 bits per heavy atom. The van der Waals surface area contributed by atoms with Crippen molar-refractivity contribution in [1.82, 2.24) is 0 Å². The highest BCUT2D eigenvalue weighted by molar-refractivity contribution is 5.55. The van der Waals surface area contributed by atoms with Crippen LogP contribution in [0.1, 0.15) is 11.1 Å². The summed E-state index contributed by atoms with van der Waals surface area (Å²) in [7, 11) is 0. The molecule has 0 bridgehead atoms. The molecule has 0 N–H and O–H groups in total. The lowest BCUT2D eigenvalue weighted by atomic mass is 10.2. The molecular weight excluding hydrogens is 544 g/mol. The number of fused-ring (bicyclic) bond motifs is 2. The second-order valence-electron chi connectivity index (χ2n) is 8.89. The van der Waals surface area contributed by atoms with E-state index in [0.717, 1.165) is 11.1 Å². The Bertz CT molecular complexity index is 949. The highest BCUT2D eigenvalue weighted by Crippen LogP contribution is 2.30. The monoisotopic (exact) mass is 588 g/mol. The van der Waals surface area contributed by atoms with Crippen molar-refractivity contribution >= 4 is 12.2 Å². The van der Waals surface area contributed by atoms with Gasteiger partial charge in [0.2, 0.25) is 0 Å². The number of hydrogen-bond acceptors (Lipinski definition) is 10. The third-order valence-electron chi connectivity index (χ3n) is 5.84. The summed E-state index contributed by atoms with van der Waals surface area (Å²) in [5.41, 5.74) is 1.88. The first-order valence-corrected chi connectivity index (χ1v) is 14.3. The van der Waals surface area contributed by atoms with E-state index in [-0.39, 0.29) is 0 Å². The zero-order valence-corrected chi connectivity index (χ0v) is 24.4. The van der Waals surface area contributed by atoms with Gasteiger partial charge in [0.1, 0.15) is 26.4 Å². The maximum absolute atomic E-state index is 5.91. The quantitative estimate of drug-likeness (QED) is 0.506. The third kappa shape index (κ3) is 13.7. The molecule has 0 aromatic heterocycles. The molecule has 0 radical (unpaired) electrons. The molecule has 2 aromatic rings. The van der Waals surface area contributed by atoms with Crippen molar-refractivity contribution < 1.29 is 47.4 Å². The molecule has 42 heavy (non-hydrogen) atoms. The van der Waals surface area contributed by atoms with Crippen LogP contribution in [0.2, 0.25) is 0 Å². The van der Waals surface area contributed by atoms with E-state index in [1.165, 1.54) is 0 Å². The minimum absolute atomic E-state index is 0.375. The summed E-state index contributed by atoms with van der Waals surface area (Å²) in [6.07, 6.45) is 3.52. The van der Waals surface area contributed by atoms with Gasteiger partial charge in [-0.2, -0.15) is 0 Å². The van der Waals surface area contributed by atoms with Gasteiger partial charge in [-0.25, -0.2) is 0 Å². The molecule has 2 aromatic carbocycles. The molecule has 232 valence electrons. The van der Waals surface area contributed by atoms with Crippen LogP contribution in [-0.4, -0.2) is 106 Å². The van der Waals surface area contributed by atoms with Crippen LogP contribution in [0.5, 0.6) is 23.0 Å². The van der Waals surface area contributed by atoms with Gasteiger partial charge in [0.05, 0.1) is 79.3 Å². The Kier molecular flexibility index (Phi) is 17.1. The van der Waals surface area contributed by atoms with Crippen molar-refractivity contribution in [3.05, 3.63) is 60.7 Å². The Labute approximate surface area is 249 Å². The molecule has 3 rings (SSSR count). The molecule has 0 saturated carbocycles. The zero-order chi connectivity index (χ0) is 29.5. The van der Waals surface area contributed by atoms with Crippen molar-refractivity contribution in [3.63, 3.8) is 0 Å². The van der Waals surface area contributed by atoms with Gasteiger partial charge in [0.25, 0.3) is 0 Å². The topological polar surface area (TPSA) is 92.3 Å². The van der Waals surface area contributed by atoms with Gasteiger partial charge >= 0.3 is 0 Å². The highest BCUT2D eigenvalue weighted by atomic mass is 16.6. The SMILES string of the molecule is C=Cc1ccc2c(c1)OCCOCCOCCOCCOc1cc(C=C)ccc1OCCOCCOCCOCCO2. The average molecular weight is 589 g/mol. The summed E-state index contributed by atoms with van der Waals surface area (Å²) in [5.74, 6) is 2.54. The third-order valence-corrected chi connectivity index (χ3v) is 5.84. The molecular formula is C32H44O10. The van der Waals surface area contributed by atoms with Gasteiger partial charge in [-0.1, -0.05) is 37.4 Å². The van der Waals surface area contributed by atoms with Crippen LogP contribution >= 0.6 is 0 Å². The van der Waals surface area contributed by atoms with Gasteiger partial charge in [-0.15, -0.1) is 0 Å². The molecule has 0 amide bonds. The summed E-state index contributed by atoms with van der Waals surface area (Å²) < 4.78 is 57.2. The van der Waals surface area contributed by atoms with E-state index in [9.17, 15) is 0 Å². The maximum Gasteiger partial charge on any atom is 0.161 e. The van der Waals surface area contributed by atoms with E-state index in [1.807, 2.05) is 36.4 Å². The molecule has 1 heterocycles. The van der Waals surface area contributed by atoms with Gasteiger partial charge in [0, 0.05) is 0 Å². The second-order valence-corrected chi connectivity index (χ2v) is 8.89. The second kappa shape index (κ2) is 21.6. The molecule has 0 saturated heterocycles. The van der Waals surface area contributed by atoms with Crippen molar-refractivity contribution in [2.45, 2.75) is 0 Å². The number of benzene rings is 2.